The Kier molecular flexibility index (Phi) is 6.86. The highest BCUT2D eigenvalue weighted by Crippen LogP contribution is 2.36. The van der Waals surface area contributed by atoms with Gasteiger partial charge in [-0.2, -0.15) is 0 Å². The van der Waals surface area contributed by atoms with Gasteiger partial charge in [0.15, 0.2) is 0 Å². The molecule has 0 bridgehead atoms. The molecule has 1 saturated heterocycles. The molecule has 0 aromatic rings. The van der Waals surface area contributed by atoms with Crippen LogP contribution in [0.2, 0.25) is 0 Å². The van der Waals surface area contributed by atoms with Crippen molar-refractivity contribution in [3.63, 3.8) is 0 Å². The molecule has 0 unspecified atom stereocenters. The minimum atomic E-state index is -0.0838. The van der Waals surface area contributed by atoms with Gasteiger partial charge in [-0.15, -0.1) is 0 Å². The number of hydrogen-bond acceptors (Lipinski definition) is 4. The van der Waals surface area contributed by atoms with Crippen molar-refractivity contribution in [1.29, 1.82) is 0 Å². The van der Waals surface area contributed by atoms with Gasteiger partial charge in [0, 0.05) is 31.6 Å². The lowest BCUT2D eigenvalue weighted by Gasteiger charge is -2.51. The van der Waals surface area contributed by atoms with Gasteiger partial charge in [-0.05, 0) is 46.7 Å². The van der Waals surface area contributed by atoms with Crippen LogP contribution in [0.25, 0.3) is 0 Å². The Labute approximate surface area is 141 Å². The van der Waals surface area contributed by atoms with Crippen molar-refractivity contribution < 1.29 is 9.53 Å². The molecule has 2 aliphatic rings. The van der Waals surface area contributed by atoms with Gasteiger partial charge in [-0.25, -0.2) is 0 Å². The van der Waals surface area contributed by atoms with Crippen LogP contribution >= 0.6 is 0 Å². The smallest absolute Gasteiger partial charge is 0.220 e. The molecule has 0 aromatic carbocycles. The van der Waals surface area contributed by atoms with Gasteiger partial charge in [-0.1, -0.05) is 19.3 Å². The van der Waals surface area contributed by atoms with Crippen molar-refractivity contribution in [2.45, 2.75) is 69.9 Å². The van der Waals surface area contributed by atoms with E-state index in [-0.39, 0.29) is 17.0 Å². The van der Waals surface area contributed by atoms with E-state index in [1.807, 2.05) is 7.05 Å². The van der Waals surface area contributed by atoms with Crippen molar-refractivity contribution in [3.8, 4) is 0 Å². The molecule has 0 atom stereocenters. The van der Waals surface area contributed by atoms with Gasteiger partial charge in [0.1, 0.15) is 0 Å². The number of ether oxygens (including phenoxy) is 1. The van der Waals surface area contributed by atoms with E-state index in [2.05, 4.69) is 29.4 Å². The van der Waals surface area contributed by atoms with E-state index in [0.717, 1.165) is 39.2 Å². The van der Waals surface area contributed by atoms with E-state index in [1.54, 1.807) is 0 Å². The van der Waals surface area contributed by atoms with Crippen LogP contribution in [0, 0.1) is 0 Å². The average Bonchev–Trinajstić information content (AvgIpc) is 2.53. The Bertz CT molecular complexity index is 378. The average molecular weight is 325 g/mol. The fraction of sp³-hybridized carbons (Fsp3) is 0.944. The summed E-state index contributed by atoms with van der Waals surface area (Å²) in [6.45, 7) is 8.78. The number of carbonyl (C=O) groups is 1. The predicted molar refractivity (Wildman–Crippen MR) is 93.6 cm³/mol. The predicted octanol–water partition coefficient (Wildman–Crippen LogP) is 1.92. The maximum absolute atomic E-state index is 12.1. The summed E-state index contributed by atoms with van der Waals surface area (Å²) in [5.74, 6) is 0.192. The molecule has 5 heteroatoms. The zero-order chi connectivity index (χ0) is 16.8. The molecule has 1 amide bonds. The molecule has 2 fully saturated rings. The summed E-state index contributed by atoms with van der Waals surface area (Å²) in [4.78, 5) is 14.7. The first kappa shape index (κ1) is 18.7. The SMILES string of the molecule is CNCCCC(=O)NCC1(N2CCOC(C)(C)C2)CCCCC1. The van der Waals surface area contributed by atoms with Gasteiger partial charge < -0.3 is 15.4 Å². The highest BCUT2D eigenvalue weighted by Gasteiger charge is 2.42. The van der Waals surface area contributed by atoms with Gasteiger partial charge in [0.25, 0.3) is 0 Å². The van der Waals surface area contributed by atoms with Crippen LogP contribution in [-0.2, 0) is 9.53 Å². The maximum atomic E-state index is 12.1. The van der Waals surface area contributed by atoms with Crippen LogP contribution in [-0.4, -0.2) is 61.8 Å². The number of morpholine rings is 1. The van der Waals surface area contributed by atoms with Crippen LogP contribution in [0.5, 0.6) is 0 Å². The van der Waals surface area contributed by atoms with Crippen LogP contribution in [0.4, 0.5) is 0 Å². The summed E-state index contributed by atoms with van der Waals surface area (Å²) in [7, 11) is 1.93. The van der Waals surface area contributed by atoms with Crippen molar-refractivity contribution in [3.05, 3.63) is 0 Å². The number of nitrogens with zero attached hydrogens (tertiary/aromatic N) is 1. The Morgan fingerprint density at radius 1 is 1.22 bits per heavy atom. The number of carbonyl (C=O) groups excluding carboxylic acids is 1. The van der Waals surface area contributed by atoms with E-state index in [4.69, 9.17) is 4.74 Å². The third-order valence-electron chi connectivity index (χ3n) is 5.33. The first-order valence-corrected chi connectivity index (χ1v) is 9.28. The van der Waals surface area contributed by atoms with Crippen LogP contribution < -0.4 is 10.6 Å². The van der Waals surface area contributed by atoms with Crippen molar-refractivity contribution in [1.82, 2.24) is 15.5 Å². The summed E-state index contributed by atoms with van der Waals surface area (Å²) in [6.07, 6.45) is 7.78. The van der Waals surface area contributed by atoms with Crippen LogP contribution in [0.15, 0.2) is 0 Å². The summed E-state index contributed by atoms with van der Waals surface area (Å²) < 4.78 is 5.89. The third kappa shape index (κ3) is 5.44. The zero-order valence-corrected chi connectivity index (χ0v) is 15.2. The summed E-state index contributed by atoms with van der Waals surface area (Å²) in [5.41, 5.74) is 0.0530. The molecule has 0 spiro atoms. The molecule has 134 valence electrons. The fourth-order valence-electron chi connectivity index (χ4n) is 4.01. The lowest BCUT2D eigenvalue weighted by Crippen LogP contribution is -2.63. The topological polar surface area (TPSA) is 53.6 Å². The van der Waals surface area contributed by atoms with Crippen LogP contribution in [0.3, 0.4) is 0 Å². The fourth-order valence-corrected chi connectivity index (χ4v) is 4.01. The van der Waals surface area contributed by atoms with E-state index < -0.39 is 0 Å². The van der Waals surface area contributed by atoms with E-state index >= 15 is 0 Å². The van der Waals surface area contributed by atoms with Crippen LogP contribution in [0.1, 0.15) is 58.8 Å². The Morgan fingerprint density at radius 3 is 2.61 bits per heavy atom. The molecule has 5 nitrogen and oxygen atoms in total. The molecule has 2 N–H and O–H groups in total. The lowest BCUT2D eigenvalue weighted by molar-refractivity contribution is -0.129. The largest absolute Gasteiger partial charge is 0.373 e. The monoisotopic (exact) mass is 325 g/mol. The molecule has 23 heavy (non-hydrogen) atoms. The lowest BCUT2D eigenvalue weighted by atomic mass is 9.79. The zero-order valence-electron chi connectivity index (χ0n) is 15.2. The molecular weight excluding hydrogens is 290 g/mol. The molecule has 1 saturated carbocycles. The molecular formula is C18H35N3O2. The standard InChI is InChI=1S/C18H35N3O2/c1-17(2)15-21(12-13-23-17)18(9-5-4-6-10-18)14-20-16(22)8-7-11-19-3/h19H,4-15H2,1-3H3,(H,20,22). The quantitative estimate of drug-likeness (QED) is 0.702. The van der Waals surface area contributed by atoms with Gasteiger partial charge in [0.2, 0.25) is 5.91 Å². The van der Waals surface area contributed by atoms with Gasteiger partial charge >= 0.3 is 0 Å². The van der Waals surface area contributed by atoms with E-state index in [9.17, 15) is 4.79 Å². The van der Waals surface area contributed by atoms with Crippen molar-refractivity contribution in [2.24, 2.45) is 0 Å². The molecule has 1 heterocycles. The second kappa shape index (κ2) is 8.45. The number of amides is 1. The van der Waals surface area contributed by atoms with Gasteiger partial charge in [0.05, 0.1) is 12.2 Å². The second-order valence-corrected chi connectivity index (χ2v) is 7.80. The number of rotatable bonds is 7. The second-order valence-electron chi connectivity index (χ2n) is 7.80. The summed E-state index contributed by atoms with van der Waals surface area (Å²) in [6, 6.07) is 0. The summed E-state index contributed by atoms with van der Waals surface area (Å²) >= 11 is 0. The van der Waals surface area contributed by atoms with Crippen molar-refractivity contribution >= 4 is 5.91 Å². The summed E-state index contributed by atoms with van der Waals surface area (Å²) in [5, 5.41) is 6.32. The first-order valence-electron chi connectivity index (χ1n) is 9.28. The maximum Gasteiger partial charge on any atom is 0.220 e. The highest BCUT2D eigenvalue weighted by atomic mass is 16.5. The minimum Gasteiger partial charge on any atom is -0.373 e. The van der Waals surface area contributed by atoms with Gasteiger partial charge in [-0.3, -0.25) is 9.69 Å². The molecule has 2 rings (SSSR count). The van der Waals surface area contributed by atoms with Crippen molar-refractivity contribution in [2.75, 3.05) is 39.8 Å². The first-order chi connectivity index (χ1) is 11.0. The molecule has 1 aliphatic heterocycles. The highest BCUT2D eigenvalue weighted by molar-refractivity contribution is 5.75. The van der Waals surface area contributed by atoms with E-state index in [0.29, 0.717) is 6.42 Å². The third-order valence-corrected chi connectivity index (χ3v) is 5.33. The number of nitrogens with one attached hydrogen (secondary N) is 2. The Balaban J connectivity index is 1.94. The Hall–Kier alpha value is -0.650. The molecule has 0 radical (unpaired) electrons. The Morgan fingerprint density at radius 2 is 1.96 bits per heavy atom. The van der Waals surface area contributed by atoms with E-state index in [1.165, 1.54) is 32.1 Å². The number of hydrogen-bond donors (Lipinski definition) is 2. The normalized spacial score (nSPS) is 24.3. The molecule has 1 aliphatic carbocycles. The minimum absolute atomic E-state index is 0.0838. The molecule has 0 aromatic heterocycles.